The lowest BCUT2D eigenvalue weighted by atomic mass is 9.92. The highest BCUT2D eigenvalue weighted by Crippen LogP contribution is 2.31. The van der Waals surface area contributed by atoms with E-state index in [0.29, 0.717) is 19.1 Å². The molecule has 0 aromatic heterocycles. The number of cyclic esters (lactones) is 1. The van der Waals surface area contributed by atoms with Crippen LogP contribution in [0.5, 0.6) is 17.2 Å². The van der Waals surface area contributed by atoms with Crippen LogP contribution in [0.15, 0.2) is 48.5 Å². The molecule has 2 fully saturated rings. The summed E-state index contributed by atoms with van der Waals surface area (Å²) < 4.78 is 22.6. The van der Waals surface area contributed by atoms with Crippen molar-refractivity contribution in [1.82, 2.24) is 9.80 Å². The van der Waals surface area contributed by atoms with Crippen molar-refractivity contribution in [2.24, 2.45) is 5.92 Å². The summed E-state index contributed by atoms with van der Waals surface area (Å²) in [6, 6.07) is 16.1. The molecule has 3 heterocycles. The third-order valence-corrected chi connectivity index (χ3v) is 7.45. The first kappa shape index (κ1) is 29.3. The van der Waals surface area contributed by atoms with Crippen LogP contribution in [0.4, 0.5) is 4.79 Å². The number of methoxy groups -OCH3 is 1. The fourth-order valence-corrected chi connectivity index (χ4v) is 5.42. The molecule has 0 aliphatic carbocycles. The SMILES string of the molecule is COc1ccc(C[C@H]2COC(=O)N2CCCC2CCN(C[C@H]3COc4ccccc4O3)CC2)cc1.S.S. The fraction of sp³-hybridized carbons (Fsp3) is 0.536. The van der Waals surface area contributed by atoms with Crippen molar-refractivity contribution in [1.29, 1.82) is 0 Å². The van der Waals surface area contributed by atoms with E-state index in [9.17, 15) is 4.79 Å². The van der Waals surface area contributed by atoms with Crippen LogP contribution in [0.3, 0.4) is 0 Å². The molecular formula is C28H40N2O5S2. The molecule has 2 aromatic rings. The smallest absolute Gasteiger partial charge is 0.410 e. The normalized spacial score (nSPS) is 21.5. The van der Waals surface area contributed by atoms with Gasteiger partial charge in [-0.05, 0) is 80.9 Å². The molecule has 2 aromatic carbocycles. The van der Waals surface area contributed by atoms with E-state index in [4.69, 9.17) is 18.9 Å². The number of rotatable bonds is 9. The standard InChI is InChI=1S/C28H36N2O5.2H2S/c1-32-24-10-8-22(9-11-24)17-23-19-34-28(31)30(23)14-4-5-21-12-15-29(16-13-21)18-25-20-33-26-6-2-3-7-27(26)35-25;;/h2-3,6-11,21,23,25H,4-5,12-20H2,1H3;2*1H2/t23-,25-;;/m0../s1. The molecule has 9 heteroatoms. The maximum absolute atomic E-state index is 12.3. The highest BCUT2D eigenvalue weighted by molar-refractivity contribution is 7.59. The molecule has 2 atom stereocenters. The van der Waals surface area contributed by atoms with E-state index in [1.165, 1.54) is 18.4 Å². The Labute approximate surface area is 234 Å². The number of nitrogens with zero attached hydrogens (tertiary/aromatic N) is 2. The van der Waals surface area contributed by atoms with E-state index in [0.717, 1.165) is 62.7 Å². The van der Waals surface area contributed by atoms with Crippen LogP contribution in [-0.4, -0.2) is 74.5 Å². The maximum Gasteiger partial charge on any atom is 0.410 e. The zero-order chi connectivity index (χ0) is 24.0. The topological polar surface area (TPSA) is 60.5 Å². The summed E-state index contributed by atoms with van der Waals surface area (Å²) in [5.41, 5.74) is 1.20. The number of carbonyl (C=O) groups excluding carboxylic acids is 1. The first-order valence-electron chi connectivity index (χ1n) is 12.8. The number of likely N-dealkylation sites (tertiary alicyclic amines) is 1. The lowest BCUT2D eigenvalue weighted by Crippen LogP contribution is -2.44. The van der Waals surface area contributed by atoms with Gasteiger partial charge in [-0.2, -0.15) is 27.0 Å². The van der Waals surface area contributed by atoms with Gasteiger partial charge in [0.05, 0.1) is 13.2 Å². The van der Waals surface area contributed by atoms with E-state index in [1.807, 2.05) is 41.3 Å². The molecule has 0 saturated carbocycles. The predicted molar refractivity (Wildman–Crippen MR) is 154 cm³/mol. The zero-order valence-electron chi connectivity index (χ0n) is 21.6. The van der Waals surface area contributed by atoms with Gasteiger partial charge in [0.1, 0.15) is 25.1 Å². The van der Waals surface area contributed by atoms with Gasteiger partial charge >= 0.3 is 6.09 Å². The van der Waals surface area contributed by atoms with Crippen molar-refractivity contribution in [3.63, 3.8) is 0 Å². The molecule has 0 bridgehead atoms. The molecule has 3 aliphatic rings. The van der Waals surface area contributed by atoms with Crippen molar-refractivity contribution in [3.8, 4) is 17.2 Å². The van der Waals surface area contributed by atoms with Gasteiger partial charge in [-0.3, -0.25) is 4.90 Å². The van der Waals surface area contributed by atoms with Crippen molar-refractivity contribution >= 4 is 33.1 Å². The first-order chi connectivity index (χ1) is 17.2. The van der Waals surface area contributed by atoms with E-state index in [1.54, 1.807) is 7.11 Å². The number of benzene rings is 2. The van der Waals surface area contributed by atoms with Crippen LogP contribution in [0.25, 0.3) is 0 Å². The average molecular weight is 549 g/mol. The molecule has 1 amide bonds. The number of ether oxygens (including phenoxy) is 4. The second kappa shape index (κ2) is 14.1. The molecule has 37 heavy (non-hydrogen) atoms. The number of hydrogen-bond acceptors (Lipinski definition) is 6. The Morgan fingerprint density at radius 1 is 0.946 bits per heavy atom. The number of carbonyl (C=O) groups is 1. The number of piperidine rings is 1. The number of amides is 1. The highest BCUT2D eigenvalue weighted by Gasteiger charge is 2.33. The summed E-state index contributed by atoms with van der Waals surface area (Å²) in [5.74, 6) is 3.26. The van der Waals surface area contributed by atoms with E-state index in [2.05, 4.69) is 17.0 Å². The molecule has 204 valence electrons. The van der Waals surface area contributed by atoms with Crippen LogP contribution in [0.2, 0.25) is 0 Å². The molecule has 0 N–H and O–H groups in total. The highest BCUT2D eigenvalue weighted by atomic mass is 32.1. The third-order valence-electron chi connectivity index (χ3n) is 7.45. The van der Waals surface area contributed by atoms with Gasteiger partial charge in [-0.15, -0.1) is 0 Å². The van der Waals surface area contributed by atoms with E-state index in [-0.39, 0.29) is 45.2 Å². The van der Waals surface area contributed by atoms with Gasteiger partial charge in [0, 0.05) is 13.1 Å². The molecule has 0 spiro atoms. The zero-order valence-corrected chi connectivity index (χ0v) is 23.6. The number of fused-ring (bicyclic) bond motifs is 1. The van der Waals surface area contributed by atoms with Crippen molar-refractivity contribution in [3.05, 3.63) is 54.1 Å². The maximum atomic E-state index is 12.3. The van der Waals surface area contributed by atoms with Crippen LogP contribution in [0.1, 0.15) is 31.2 Å². The lowest BCUT2D eigenvalue weighted by Gasteiger charge is -2.35. The lowest BCUT2D eigenvalue weighted by molar-refractivity contribution is 0.0469. The summed E-state index contributed by atoms with van der Waals surface area (Å²) in [7, 11) is 1.67. The van der Waals surface area contributed by atoms with Gasteiger partial charge in [0.25, 0.3) is 0 Å². The summed E-state index contributed by atoms with van der Waals surface area (Å²) >= 11 is 0. The van der Waals surface area contributed by atoms with Crippen molar-refractivity contribution < 1.29 is 23.7 Å². The molecular weight excluding hydrogens is 508 g/mol. The van der Waals surface area contributed by atoms with Gasteiger partial charge in [0.2, 0.25) is 0 Å². The van der Waals surface area contributed by atoms with Crippen LogP contribution in [-0.2, 0) is 11.2 Å². The Morgan fingerprint density at radius 2 is 1.68 bits per heavy atom. The quantitative estimate of drug-likeness (QED) is 0.456. The molecule has 3 aliphatic heterocycles. The average Bonchev–Trinajstić information content (AvgIpc) is 3.24. The van der Waals surface area contributed by atoms with E-state index >= 15 is 0 Å². The summed E-state index contributed by atoms with van der Waals surface area (Å²) in [4.78, 5) is 16.8. The summed E-state index contributed by atoms with van der Waals surface area (Å²) in [6.07, 6.45) is 5.30. The monoisotopic (exact) mass is 548 g/mol. The van der Waals surface area contributed by atoms with Gasteiger partial charge < -0.3 is 23.8 Å². The Kier molecular flexibility index (Phi) is 11.2. The minimum atomic E-state index is -0.172. The van der Waals surface area contributed by atoms with Crippen LogP contribution in [0, 0.1) is 5.92 Å². The van der Waals surface area contributed by atoms with Crippen molar-refractivity contribution in [2.45, 2.75) is 44.2 Å². The minimum Gasteiger partial charge on any atom is -0.497 e. The molecule has 0 unspecified atom stereocenters. The minimum absolute atomic E-state index is 0. The Bertz CT molecular complexity index is 985. The first-order valence-corrected chi connectivity index (χ1v) is 12.8. The number of para-hydroxylation sites is 2. The summed E-state index contributed by atoms with van der Waals surface area (Å²) in [5, 5.41) is 0. The Morgan fingerprint density at radius 3 is 2.41 bits per heavy atom. The Balaban J connectivity index is 0.00000190. The second-order valence-electron chi connectivity index (χ2n) is 9.86. The fourth-order valence-electron chi connectivity index (χ4n) is 5.42. The molecule has 5 rings (SSSR count). The second-order valence-corrected chi connectivity index (χ2v) is 9.86. The van der Waals surface area contributed by atoms with Gasteiger partial charge in [-0.1, -0.05) is 24.3 Å². The van der Waals surface area contributed by atoms with Crippen molar-refractivity contribution in [2.75, 3.05) is 46.5 Å². The number of hydrogen-bond donors (Lipinski definition) is 0. The molecule has 2 saturated heterocycles. The van der Waals surface area contributed by atoms with Crippen LogP contribution < -0.4 is 14.2 Å². The Hall–Kier alpha value is -2.23. The van der Waals surface area contributed by atoms with Gasteiger partial charge in [0.15, 0.2) is 11.5 Å². The summed E-state index contributed by atoms with van der Waals surface area (Å²) in [6.45, 7) is 4.96. The van der Waals surface area contributed by atoms with Crippen LogP contribution >= 0.6 is 27.0 Å². The predicted octanol–water partition coefficient (Wildman–Crippen LogP) is 4.62. The third kappa shape index (κ3) is 7.65. The molecule has 7 nitrogen and oxygen atoms in total. The largest absolute Gasteiger partial charge is 0.497 e. The van der Waals surface area contributed by atoms with E-state index < -0.39 is 0 Å². The van der Waals surface area contributed by atoms with Gasteiger partial charge in [-0.25, -0.2) is 4.79 Å². The molecule has 0 radical (unpaired) electrons.